The van der Waals surface area contributed by atoms with Crippen molar-refractivity contribution in [3.8, 4) is 0 Å². The Kier molecular flexibility index (Phi) is 5.69. The molecular formula is C14H22F2N2. The van der Waals surface area contributed by atoms with E-state index in [9.17, 15) is 8.78 Å². The molecule has 0 aromatic carbocycles. The van der Waals surface area contributed by atoms with Crippen LogP contribution >= 0.6 is 0 Å². The number of likely N-dealkylation sites (N-methyl/N-ethyl adjacent to an activating group) is 1. The average Bonchev–Trinajstić information content (AvgIpc) is 2.66. The summed E-state index contributed by atoms with van der Waals surface area (Å²) in [5, 5.41) is 3.12. The number of rotatable bonds is 6. The fourth-order valence-electron chi connectivity index (χ4n) is 2.02. The van der Waals surface area contributed by atoms with E-state index in [1.54, 1.807) is 4.90 Å². The summed E-state index contributed by atoms with van der Waals surface area (Å²) in [4.78, 5) is 1.79. The van der Waals surface area contributed by atoms with E-state index in [1.165, 1.54) is 0 Å². The first-order valence-corrected chi connectivity index (χ1v) is 6.24. The van der Waals surface area contributed by atoms with Gasteiger partial charge in [-0.05, 0) is 19.5 Å². The fraction of sp³-hybridized carbons (Fsp3) is 0.571. The first kappa shape index (κ1) is 15.1. The topological polar surface area (TPSA) is 15.3 Å². The number of nitrogens with one attached hydrogen (secondary N) is 1. The molecule has 0 aliphatic carbocycles. The Bertz CT molecular complexity index is 335. The maximum absolute atomic E-state index is 13.1. The van der Waals surface area contributed by atoms with Crippen molar-refractivity contribution in [1.29, 1.82) is 0 Å². The third kappa shape index (κ3) is 4.70. The quantitative estimate of drug-likeness (QED) is 0.735. The van der Waals surface area contributed by atoms with Gasteiger partial charge in [0.15, 0.2) is 0 Å². The van der Waals surface area contributed by atoms with Gasteiger partial charge in [0.05, 0.1) is 6.54 Å². The zero-order valence-electron chi connectivity index (χ0n) is 11.1. The molecule has 4 heteroatoms. The molecule has 0 bridgehead atoms. The molecule has 1 rings (SSSR count). The van der Waals surface area contributed by atoms with Crippen LogP contribution in [0.1, 0.15) is 13.3 Å². The van der Waals surface area contributed by atoms with E-state index in [-0.39, 0.29) is 19.0 Å². The number of hydrogen-bond acceptors (Lipinski definition) is 2. The minimum Gasteiger partial charge on any atom is -0.312 e. The summed E-state index contributed by atoms with van der Waals surface area (Å²) in [5.74, 6) is -2.53. The highest BCUT2D eigenvalue weighted by atomic mass is 19.3. The zero-order chi connectivity index (χ0) is 13.6. The molecule has 1 aliphatic rings. The van der Waals surface area contributed by atoms with Crippen molar-refractivity contribution in [2.24, 2.45) is 0 Å². The zero-order valence-corrected chi connectivity index (χ0v) is 11.1. The molecule has 1 saturated heterocycles. The van der Waals surface area contributed by atoms with Gasteiger partial charge in [0.2, 0.25) is 0 Å². The lowest BCUT2D eigenvalue weighted by Gasteiger charge is -2.23. The van der Waals surface area contributed by atoms with E-state index >= 15 is 0 Å². The Hall–Kier alpha value is -1.00. The van der Waals surface area contributed by atoms with Crippen LogP contribution in [0.2, 0.25) is 0 Å². The van der Waals surface area contributed by atoms with Crippen LogP contribution in [0.3, 0.4) is 0 Å². The predicted molar refractivity (Wildman–Crippen MR) is 71.9 cm³/mol. The Labute approximate surface area is 108 Å². The normalized spacial score (nSPS) is 22.0. The summed E-state index contributed by atoms with van der Waals surface area (Å²) in [6.45, 7) is 6.81. The highest BCUT2D eigenvalue weighted by Crippen LogP contribution is 2.27. The molecule has 0 aromatic heterocycles. The van der Waals surface area contributed by atoms with Crippen molar-refractivity contribution >= 4 is 0 Å². The number of hydrogen-bond donors (Lipinski definition) is 1. The molecule has 0 spiro atoms. The summed E-state index contributed by atoms with van der Waals surface area (Å²) in [5.41, 5.74) is 0.908. The standard InChI is InChI=1S/C14H22F2N2/c1-4-5-6-7-12(2)13(17-3)10-18-9-8-14(15,16)11-18/h4-7,13,17H,2,8-11H2,1,3H3/b5-4-,7-6-/t13-/m1/s1. The van der Waals surface area contributed by atoms with Gasteiger partial charge < -0.3 is 5.32 Å². The smallest absolute Gasteiger partial charge is 0.261 e. The van der Waals surface area contributed by atoms with Gasteiger partial charge in [-0.3, -0.25) is 4.90 Å². The second kappa shape index (κ2) is 6.81. The first-order chi connectivity index (χ1) is 8.48. The van der Waals surface area contributed by atoms with Crippen molar-refractivity contribution in [3.63, 3.8) is 0 Å². The van der Waals surface area contributed by atoms with E-state index in [2.05, 4.69) is 11.9 Å². The lowest BCUT2D eigenvalue weighted by molar-refractivity contribution is 0.0118. The van der Waals surface area contributed by atoms with E-state index in [1.807, 2.05) is 38.3 Å². The Morgan fingerprint density at radius 2 is 2.22 bits per heavy atom. The molecule has 1 heterocycles. The van der Waals surface area contributed by atoms with Gasteiger partial charge in [-0.2, -0.15) is 0 Å². The van der Waals surface area contributed by atoms with Crippen LogP contribution in [0.5, 0.6) is 0 Å². The first-order valence-electron chi connectivity index (χ1n) is 6.24. The summed E-state index contributed by atoms with van der Waals surface area (Å²) in [6.07, 6.45) is 7.63. The Morgan fingerprint density at radius 1 is 1.50 bits per heavy atom. The summed E-state index contributed by atoms with van der Waals surface area (Å²) >= 11 is 0. The van der Waals surface area contributed by atoms with Crippen LogP contribution in [-0.2, 0) is 0 Å². The van der Waals surface area contributed by atoms with Gasteiger partial charge in [0.1, 0.15) is 0 Å². The van der Waals surface area contributed by atoms with Crippen LogP contribution in [-0.4, -0.2) is 43.5 Å². The van der Waals surface area contributed by atoms with Crippen LogP contribution in [0, 0.1) is 0 Å². The maximum Gasteiger partial charge on any atom is 0.261 e. The monoisotopic (exact) mass is 256 g/mol. The second-order valence-corrected chi connectivity index (χ2v) is 4.64. The summed E-state index contributed by atoms with van der Waals surface area (Å²) in [6, 6.07) is 0.0143. The maximum atomic E-state index is 13.1. The lowest BCUT2D eigenvalue weighted by atomic mass is 10.1. The van der Waals surface area contributed by atoms with Crippen molar-refractivity contribution < 1.29 is 8.78 Å². The summed E-state index contributed by atoms with van der Waals surface area (Å²) < 4.78 is 26.2. The molecule has 1 N–H and O–H groups in total. The number of halogens is 2. The number of allylic oxidation sites excluding steroid dienone is 3. The van der Waals surface area contributed by atoms with Crippen molar-refractivity contribution in [2.45, 2.75) is 25.3 Å². The van der Waals surface area contributed by atoms with Gasteiger partial charge in [0.25, 0.3) is 5.92 Å². The highest BCUT2D eigenvalue weighted by molar-refractivity contribution is 5.24. The molecule has 0 amide bonds. The molecule has 18 heavy (non-hydrogen) atoms. The van der Waals surface area contributed by atoms with E-state index in [4.69, 9.17) is 0 Å². The molecule has 1 fully saturated rings. The minimum atomic E-state index is -2.53. The fourth-order valence-corrected chi connectivity index (χ4v) is 2.02. The molecule has 102 valence electrons. The molecule has 0 unspecified atom stereocenters. The van der Waals surface area contributed by atoms with Crippen LogP contribution in [0.4, 0.5) is 8.78 Å². The highest BCUT2D eigenvalue weighted by Gasteiger charge is 2.38. The van der Waals surface area contributed by atoms with Crippen LogP contribution < -0.4 is 5.32 Å². The second-order valence-electron chi connectivity index (χ2n) is 4.64. The molecular weight excluding hydrogens is 234 g/mol. The Morgan fingerprint density at radius 3 is 2.72 bits per heavy atom. The predicted octanol–water partition coefficient (Wildman–Crippen LogP) is 2.60. The Balaban J connectivity index is 2.49. The lowest BCUT2D eigenvalue weighted by Crippen LogP contribution is -2.40. The molecule has 0 saturated carbocycles. The van der Waals surface area contributed by atoms with Crippen molar-refractivity contribution in [2.75, 3.05) is 26.7 Å². The third-order valence-corrected chi connectivity index (χ3v) is 3.10. The number of alkyl halides is 2. The van der Waals surface area contributed by atoms with Gasteiger partial charge in [-0.1, -0.05) is 30.9 Å². The molecule has 2 nitrogen and oxygen atoms in total. The molecule has 1 atom stereocenters. The number of nitrogens with zero attached hydrogens (tertiary/aromatic N) is 1. The van der Waals surface area contributed by atoms with Crippen LogP contribution in [0.25, 0.3) is 0 Å². The molecule has 0 radical (unpaired) electrons. The average molecular weight is 256 g/mol. The van der Waals surface area contributed by atoms with Gasteiger partial charge in [-0.15, -0.1) is 0 Å². The van der Waals surface area contributed by atoms with Gasteiger partial charge >= 0.3 is 0 Å². The minimum absolute atomic E-state index is 0.0143. The van der Waals surface area contributed by atoms with E-state index < -0.39 is 5.92 Å². The largest absolute Gasteiger partial charge is 0.312 e. The summed E-state index contributed by atoms with van der Waals surface area (Å²) in [7, 11) is 1.83. The van der Waals surface area contributed by atoms with E-state index in [0.717, 1.165) is 5.57 Å². The van der Waals surface area contributed by atoms with Crippen LogP contribution in [0.15, 0.2) is 36.5 Å². The number of likely N-dealkylation sites (tertiary alicyclic amines) is 1. The van der Waals surface area contributed by atoms with E-state index in [0.29, 0.717) is 13.1 Å². The van der Waals surface area contributed by atoms with Crippen molar-refractivity contribution in [3.05, 3.63) is 36.5 Å². The van der Waals surface area contributed by atoms with Crippen molar-refractivity contribution in [1.82, 2.24) is 10.2 Å². The van der Waals surface area contributed by atoms with Gasteiger partial charge in [0, 0.05) is 25.6 Å². The third-order valence-electron chi connectivity index (χ3n) is 3.10. The molecule has 0 aromatic rings. The van der Waals surface area contributed by atoms with Gasteiger partial charge in [-0.25, -0.2) is 8.78 Å². The SMILES string of the molecule is C=C(/C=C\C=C/C)[C@@H](CN1CCC(F)(F)C1)NC. The molecule has 1 aliphatic heterocycles.